The third-order valence-corrected chi connectivity index (χ3v) is 4.96. The fraction of sp³-hybridized carbons (Fsp3) is 0.529. The molecule has 0 amide bonds. The highest BCUT2D eigenvalue weighted by Gasteiger charge is 2.39. The molecule has 0 saturated carbocycles. The van der Waals surface area contributed by atoms with Crippen molar-refractivity contribution >= 4 is 12.2 Å². The summed E-state index contributed by atoms with van der Waals surface area (Å²) in [6.45, 7) is 5.88. The second-order valence-corrected chi connectivity index (χ2v) is 6.75. The smallest absolute Gasteiger partial charge is 0.288 e. The minimum atomic E-state index is -0.352. The summed E-state index contributed by atoms with van der Waals surface area (Å²) < 4.78 is 18.9. The van der Waals surface area contributed by atoms with Crippen LogP contribution in [-0.2, 0) is 16.1 Å². The average Bonchev–Trinajstić information content (AvgIpc) is 3.18. The van der Waals surface area contributed by atoms with E-state index in [1.54, 1.807) is 4.68 Å². The van der Waals surface area contributed by atoms with Crippen LogP contribution in [-0.4, -0.2) is 46.8 Å². The minimum absolute atomic E-state index is 0.352. The molecule has 2 saturated heterocycles. The van der Waals surface area contributed by atoms with Crippen LogP contribution in [0.5, 0.6) is 0 Å². The van der Waals surface area contributed by atoms with Crippen LogP contribution in [0.25, 0.3) is 11.5 Å². The maximum atomic E-state index is 5.76. The number of hydrogen-bond donors (Lipinski definition) is 0. The summed E-state index contributed by atoms with van der Waals surface area (Å²) in [5, 5.41) is 4.53. The zero-order chi connectivity index (χ0) is 16.6. The largest absolute Gasteiger partial charge is 0.409 e. The second-order valence-electron chi connectivity index (χ2n) is 6.41. The molecule has 2 aromatic rings. The first kappa shape index (κ1) is 16.0. The van der Waals surface area contributed by atoms with Gasteiger partial charge in [0.25, 0.3) is 4.84 Å². The highest BCUT2D eigenvalue weighted by atomic mass is 32.1. The molecule has 1 aromatic carbocycles. The van der Waals surface area contributed by atoms with Gasteiger partial charge in [-0.1, -0.05) is 17.7 Å². The molecule has 24 heavy (non-hydrogen) atoms. The van der Waals surface area contributed by atoms with Gasteiger partial charge < -0.3 is 13.9 Å². The molecule has 3 heterocycles. The molecule has 0 aliphatic carbocycles. The third-order valence-electron chi connectivity index (χ3n) is 4.67. The lowest BCUT2D eigenvalue weighted by Crippen LogP contribution is -2.45. The number of aromatic nitrogens is 2. The fourth-order valence-corrected chi connectivity index (χ4v) is 3.40. The van der Waals surface area contributed by atoms with E-state index in [-0.39, 0.29) is 5.79 Å². The van der Waals surface area contributed by atoms with Gasteiger partial charge in [0.1, 0.15) is 0 Å². The zero-order valence-corrected chi connectivity index (χ0v) is 14.6. The molecule has 0 N–H and O–H groups in total. The van der Waals surface area contributed by atoms with Crippen LogP contribution in [0, 0.1) is 11.8 Å². The topological polar surface area (TPSA) is 52.7 Å². The van der Waals surface area contributed by atoms with Crippen LogP contribution in [0.2, 0.25) is 0 Å². The normalized spacial score (nSPS) is 20.7. The van der Waals surface area contributed by atoms with Crippen LogP contribution in [0.15, 0.2) is 28.7 Å². The van der Waals surface area contributed by atoms with E-state index < -0.39 is 0 Å². The lowest BCUT2D eigenvalue weighted by Gasteiger charge is -2.37. The maximum Gasteiger partial charge on any atom is 0.288 e. The van der Waals surface area contributed by atoms with Crippen molar-refractivity contribution in [2.75, 3.05) is 26.3 Å². The summed E-state index contributed by atoms with van der Waals surface area (Å²) in [6.07, 6.45) is 1.76. The summed E-state index contributed by atoms with van der Waals surface area (Å²) >= 11 is 5.33. The molecule has 2 aliphatic heterocycles. The van der Waals surface area contributed by atoms with Crippen LogP contribution >= 0.6 is 12.2 Å². The van der Waals surface area contributed by atoms with Crippen molar-refractivity contribution in [2.24, 2.45) is 0 Å². The summed E-state index contributed by atoms with van der Waals surface area (Å²) in [7, 11) is 0. The first-order chi connectivity index (χ1) is 11.6. The third kappa shape index (κ3) is 3.17. The van der Waals surface area contributed by atoms with Crippen molar-refractivity contribution in [3.63, 3.8) is 0 Å². The Hall–Kier alpha value is -1.54. The van der Waals surface area contributed by atoms with E-state index in [1.165, 1.54) is 5.56 Å². The Balaban J connectivity index is 1.44. The molecular formula is C17H21N3O3S. The minimum Gasteiger partial charge on any atom is -0.409 e. The number of benzene rings is 1. The molecule has 2 fully saturated rings. The first-order valence-electron chi connectivity index (χ1n) is 8.29. The molecule has 1 spiro atoms. The van der Waals surface area contributed by atoms with E-state index in [4.69, 9.17) is 26.1 Å². The van der Waals surface area contributed by atoms with Gasteiger partial charge in [0.15, 0.2) is 5.79 Å². The van der Waals surface area contributed by atoms with Crippen LogP contribution in [0.4, 0.5) is 0 Å². The van der Waals surface area contributed by atoms with Gasteiger partial charge in [-0.2, -0.15) is 0 Å². The van der Waals surface area contributed by atoms with Crippen LogP contribution in [0.3, 0.4) is 0 Å². The second kappa shape index (κ2) is 6.40. The Morgan fingerprint density at radius 1 is 1.12 bits per heavy atom. The Bertz CT molecular complexity index is 752. The standard InChI is InChI=1S/C17H21N3O3S/c1-13-2-4-14(5-3-13)15-18-20(16(24)23-15)12-19-8-6-17(7-9-19)21-10-11-22-17/h2-5H,6-12H2,1H3. The molecule has 0 unspecified atom stereocenters. The van der Waals surface area contributed by atoms with Crippen molar-refractivity contribution in [3.05, 3.63) is 34.7 Å². The van der Waals surface area contributed by atoms with Crippen molar-refractivity contribution < 1.29 is 13.9 Å². The number of piperidine rings is 1. The summed E-state index contributed by atoms with van der Waals surface area (Å²) in [5.41, 5.74) is 2.14. The molecule has 2 aliphatic rings. The van der Waals surface area contributed by atoms with Gasteiger partial charge in [-0.05, 0) is 31.3 Å². The van der Waals surface area contributed by atoms with E-state index in [0.717, 1.165) is 31.5 Å². The first-order valence-corrected chi connectivity index (χ1v) is 8.70. The summed E-state index contributed by atoms with van der Waals surface area (Å²) in [4.78, 5) is 2.70. The van der Waals surface area contributed by atoms with Gasteiger partial charge in [-0.25, -0.2) is 4.68 Å². The maximum absolute atomic E-state index is 5.76. The summed E-state index contributed by atoms with van der Waals surface area (Å²) in [5.74, 6) is 0.213. The van der Waals surface area contributed by atoms with Gasteiger partial charge in [0.2, 0.25) is 5.89 Å². The van der Waals surface area contributed by atoms with E-state index in [0.29, 0.717) is 30.6 Å². The van der Waals surface area contributed by atoms with Gasteiger partial charge in [-0.15, -0.1) is 5.10 Å². The molecular weight excluding hydrogens is 326 g/mol. The zero-order valence-electron chi connectivity index (χ0n) is 13.7. The molecule has 6 nitrogen and oxygen atoms in total. The number of hydrogen-bond acceptors (Lipinski definition) is 6. The van der Waals surface area contributed by atoms with Crippen molar-refractivity contribution in [3.8, 4) is 11.5 Å². The molecule has 0 radical (unpaired) electrons. The fourth-order valence-electron chi connectivity index (χ4n) is 3.22. The Morgan fingerprint density at radius 2 is 1.79 bits per heavy atom. The van der Waals surface area contributed by atoms with Crippen molar-refractivity contribution in [1.29, 1.82) is 0 Å². The lowest BCUT2D eigenvalue weighted by molar-refractivity contribution is -0.187. The van der Waals surface area contributed by atoms with Crippen LogP contribution in [0.1, 0.15) is 18.4 Å². The number of ether oxygens (including phenoxy) is 2. The number of likely N-dealkylation sites (tertiary alicyclic amines) is 1. The molecule has 0 atom stereocenters. The molecule has 0 bridgehead atoms. The highest BCUT2D eigenvalue weighted by Crippen LogP contribution is 2.31. The SMILES string of the molecule is Cc1ccc(-c2nn(CN3CCC4(CC3)OCCO4)c(=S)o2)cc1. The van der Waals surface area contributed by atoms with E-state index in [2.05, 4.69) is 16.9 Å². The number of rotatable bonds is 3. The van der Waals surface area contributed by atoms with Crippen molar-refractivity contribution in [2.45, 2.75) is 32.2 Å². The molecule has 4 rings (SSSR count). The molecule has 128 valence electrons. The monoisotopic (exact) mass is 347 g/mol. The van der Waals surface area contributed by atoms with E-state index in [9.17, 15) is 0 Å². The average molecular weight is 347 g/mol. The van der Waals surface area contributed by atoms with Gasteiger partial charge >= 0.3 is 0 Å². The van der Waals surface area contributed by atoms with E-state index >= 15 is 0 Å². The number of aryl methyl sites for hydroxylation is 1. The van der Waals surface area contributed by atoms with Gasteiger partial charge in [-0.3, -0.25) is 4.90 Å². The Morgan fingerprint density at radius 3 is 2.46 bits per heavy atom. The lowest BCUT2D eigenvalue weighted by atomic mass is 10.0. The predicted molar refractivity (Wildman–Crippen MR) is 90.9 cm³/mol. The van der Waals surface area contributed by atoms with Gasteiger partial charge in [0.05, 0.1) is 19.9 Å². The quantitative estimate of drug-likeness (QED) is 0.796. The predicted octanol–water partition coefficient (Wildman–Crippen LogP) is 2.98. The van der Waals surface area contributed by atoms with E-state index in [1.807, 2.05) is 24.3 Å². The molecule has 1 aromatic heterocycles. The summed E-state index contributed by atoms with van der Waals surface area (Å²) in [6, 6.07) is 8.08. The molecule has 7 heteroatoms. The van der Waals surface area contributed by atoms with Crippen molar-refractivity contribution in [1.82, 2.24) is 14.7 Å². The Kier molecular flexibility index (Phi) is 4.26. The number of nitrogens with zero attached hydrogens (tertiary/aromatic N) is 3. The highest BCUT2D eigenvalue weighted by molar-refractivity contribution is 7.71. The van der Waals surface area contributed by atoms with Crippen LogP contribution < -0.4 is 0 Å². The Labute approximate surface area is 146 Å². The van der Waals surface area contributed by atoms with Gasteiger partial charge in [0, 0.05) is 31.5 Å².